The molecule has 0 aromatic rings. The molecule has 0 spiro atoms. The van der Waals surface area contributed by atoms with Crippen LogP contribution in [0.2, 0.25) is 0 Å². The van der Waals surface area contributed by atoms with Crippen molar-refractivity contribution in [3.05, 3.63) is 0 Å². The van der Waals surface area contributed by atoms with Crippen molar-refractivity contribution < 1.29 is 4.79 Å². The summed E-state index contributed by atoms with van der Waals surface area (Å²) in [6, 6.07) is 0.596. The van der Waals surface area contributed by atoms with Gasteiger partial charge in [0.05, 0.1) is 0 Å². The van der Waals surface area contributed by atoms with Crippen molar-refractivity contribution in [2.45, 2.75) is 44.6 Å². The van der Waals surface area contributed by atoms with Gasteiger partial charge in [-0.3, -0.25) is 4.79 Å². The van der Waals surface area contributed by atoms with E-state index in [1.165, 1.54) is 25.7 Å². The molecule has 1 aliphatic carbocycles. The van der Waals surface area contributed by atoms with Gasteiger partial charge < -0.3 is 10.2 Å². The van der Waals surface area contributed by atoms with Crippen LogP contribution in [0.5, 0.6) is 0 Å². The number of hydrogen-bond donors (Lipinski definition) is 1. The van der Waals surface area contributed by atoms with Crippen LogP contribution in [0.4, 0.5) is 0 Å². The fraction of sp³-hybridized carbons (Fsp3) is 0.923. The zero-order valence-electron chi connectivity index (χ0n) is 9.95. The monoisotopic (exact) mass is 222 g/mol. The Morgan fingerprint density at radius 1 is 1.06 bits per heavy atom. The maximum atomic E-state index is 12.3. The average Bonchev–Trinajstić information content (AvgIpc) is 2.97. The average molecular weight is 222 g/mol. The second kappa shape index (κ2) is 4.36. The van der Waals surface area contributed by atoms with Gasteiger partial charge in [0.25, 0.3) is 0 Å². The summed E-state index contributed by atoms with van der Waals surface area (Å²) in [5.74, 6) is 1.55. The highest BCUT2D eigenvalue weighted by atomic mass is 16.2. The van der Waals surface area contributed by atoms with Gasteiger partial charge in [0.15, 0.2) is 0 Å². The fourth-order valence-electron chi connectivity index (χ4n) is 3.66. The molecule has 16 heavy (non-hydrogen) atoms. The van der Waals surface area contributed by atoms with Gasteiger partial charge in [0, 0.05) is 25.0 Å². The quantitative estimate of drug-likeness (QED) is 0.727. The van der Waals surface area contributed by atoms with Gasteiger partial charge in [-0.05, 0) is 38.1 Å². The highest BCUT2D eigenvalue weighted by Crippen LogP contribution is 2.30. The first-order valence-electron chi connectivity index (χ1n) is 6.87. The number of amides is 1. The molecular formula is C13H22N2O. The Morgan fingerprint density at radius 2 is 1.88 bits per heavy atom. The van der Waals surface area contributed by atoms with Crippen molar-refractivity contribution in [3.63, 3.8) is 0 Å². The Bertz CT molecular complexity index is 259. The van der Waals surface area contributed by atoms with Crippen LogP contribution in [0.25, 0.3) is 0 Å². The molecule has 1 amide bonds. The lowest BCUT2D eigenvalue weighted by Crippen LogP contribution is -2.41. The molecule has 3 rings (SSSR count). The van der Waals surface area contributed by atoms with Crippen LogP contribution in [-0.2, 0) is 4.79 Å². The molecule has 0 aromatic heterocycles. The molecule has 0 bridgehead atoms. The van der Waals surface area contributed by atoms with Crippen molar-refractivity contribution in [2.75, 3.05) is 19.6 Å². The lowest BCUT2D eigenvalue weighted by molar-refractivity contribution is -0.134. The maximum Gasteiger partial charge on any atom is 0.225 e. The molecule has 3 fully saturated rings. The van der Waals surface area contributed by atoms with Crippen LogP contribution in [-0.4, -0.2) is 36.5 Å². The minimum Gasteiger partial charge on any atom is -0.341 e. The van der Waals surface area contributed by atoms with E-state index >= 15 is 0 Å². The topological polar surface area (TPSA) is 32.3 Å². The summed E-state index contributed by atoms with van der Waals surface area (Å²) < 4.78 is 0. The van der Waals surface area contributed by atoms with Crippen molar-refractivity contribution >= 4 is 5.91 Å². The summed E-state index contributed by atoms with van der Waals surface area (Å²) in [6.45, 7) is 3.14. The number of carbonyl (C=O) groups is 1. The van der Waals surface area contributed by atoms with Gasteiger partial charge in [0.1, 0.15) is 0 Å². The van der Waals surface area contributed by atoms with E-state index in [2.05, 4.69) is 10.2 Å². The number of nitrogens with one attached hydrogen (secondary N) is 1. The summed E-state index contributed by atoms with van der Waals surface area (Å²) in [6.07, 6.45) is 7.39. The molecule has 1 saturated carbocycles. The fourth-order valence-corrected chi connectivity index (χ4v) is 3.66. The second-order valence-corrected chi connectivity index (χ2v) is 5.69. The first-order valence-corrected chi connectivity index (χ1v) is 6.87. The Morgan fingerprint density at radius 3 is 2.62 bits per heavy atom. The van der Waals surface area contributed by atoms with E-state index in [0.29, 0.717) is 17.9 Å². The van der Waals surface area contributed by atoms with Gasteiger partial charge in [0.2, 0.25) is 5.91 Å². The summed E-state index contributed by atoms with van der Waals surface area (Å²) in [5, 5.41) is 3.56. The minimum absolute atomic E-state index is 0.361. The molecule has 3 aliphatic rings. The number of rotatable bonds is 1. The van der Waals surface area contributed by atoms with Crippen molar-refractivity contribution in [2.24, 2.45) is 11.8 Å². The molecule has 90 valence electrons. The predicted octanol–water partition coefficient (Wildman–Crippen LogP) is 1.39. The van der Waals surface area contributed by atoms with Crippen molar-refractivity contribution in [1.29, 1.82) is 0 Å². The van der Waals surface area contributed by atoms with E-state index in [1.807, 2.05) is 0 Å². The molecule has 0 aromatic carbocycles. The lowest BCUT2D eigenvalue weighted by Gasteiger charge is -2.24. The number of likely N-dealkylation sites (tertiary alicyclic amines) is 1. The molecule has 2 saturated heterocycles. The summed E-state index contributed by atoms with van der Waals surface area (Å²) >= 11 is 0. The Balaban J connectivity index is 1.61. The predicted molar refractivity (Wildman–Crippen MR) is 63.1 cm³/mol. The molecule has 2 heterocycles. The van der Waals surface area contributed by atoms with Gasteiger partial charge in [-0.1, -0.05) is 12.8 Å². The van der Waals surface area contributed by atoms with E-state index in [4.69, 9.17) is 0 Å². The SMILES string of the molecule is O=C(C1CCCC1)N1CC2CCCNC2C1. The summed E-state index contributed by atoms with van der Waals surface area (Å²) in [5.41, 5.74) is 0. The number of nitrogens with zero attached hydrogens (tertiary/aromatic N) is 1. The number of hydrogen-bond acceptors (Lipinski definition) is 2. The largest absolute Gasteiger partial charge is 0.341 e. The van der Waals surface area contributed by atoms with Crippen LogP contribution >= 0.6 is 0 Å². The van der Waals surface area contributed by atoms with Crippen LogP contribution in [0.3, 0.4) is 0 Å². The Hall–Kier alpha value is -0.570. The number of carbonyl (C=O) groups excluding carboxylic acids is 1. The third-order valence-corrected chi connectivity index (χ3v) is 4.62. The molecule has 3 heteroatoms. The zero-order chi connectivity index (χ0) is 11.0. The highest BCUT2D eigenvalue weighted by molar-refractivity contribution is 5.79. The van der Waals surface area contributed by atoms with Crippen LogP contribution in [0.15, 0.2) is 0 Å². The standard InChI is InChI=1S/C13H22N2O/c16-13(10-4-1-2-5-10)15-8-11-6-3-7-14-12(11)9-15/h10-12,14H,1-9H2. The minimum atomic E-state index is 0.361. The third-order valence-electron chi connectivity index (χ3n) is 4.62. The van der Waals surface area contributed by atoms with Crippen molar-refractivity contribution in [3.8, 4) is 0 Å². The smallest absolute Gasteiger partial charge is 0.225 e. The molecular weight excluding hydrogens is 200 g/mol. The van der Waals surface area contributed by atoms with Crippen molar-refractivity contribution in [1.82, 2.24) is 10.2 Å². The van der Waals surface area contributed by atoms with E-state index in [9.17, 15) is 4.79 Å². The van der Waals surface area contributed by atoms with Crippen LogP contribution in [0.1, 0.15) is 38.5 Å². The second-order valence-electron chi connectivity index (χ2n) is 5.69. The molecule has 3 nitrogen and oxygen atoms in total. The normalized spacial score (nSPS) is 35.4. The van der Waals surface area contributed by atoms with E-state index in [1.54, 1.807) is 0 Å². The summed E-state index contributed by atoms with van der Waals surface area (Å²) in [7, 11) is 0. The first-order chi connectivity index (χ1) is 7.84. The third kappa shape index (κ3) is 1.86. The Labute approximate surface area is 97.6 Å². The van der Waals surface area contributed by atoms with E-state index < -0.39 is 0 Å². The highest BCUT2D eigenvalue weighted by Gasteiger charge is 2.38. The number of fused-ring (bicyclic) bond motifs is 1. The molecule has 2 atom stereocenters. The zero-order valence-corrected chi connectivity index (χ0v) is 9.95. The summed E-state index contributed by atoms with van der Waals surface area (Å²) in [4.78, 5) is 14.4. The van der Waals surface area contributed by atoms with Gasteiger partial charge in [-0.15, -0.1) is 0 Å². The number of piperidine rings is 1. The van der Waals surface area contributed by atoms with Gasteiger partial charge >= 0.3 is 0 Å². The molecule has 2 aliphatic heterocycles. The van der Waals surface area contributed by atoms with Gasteiger partial charge in [-0.25, -0.2) is 0 Å². The maximum absolute atomic E-state index is 12.3. The van der Waals surface area contributed by atoms with E-state index in [0.717, 1.165) is 38.4 Å². The van der Waals surface area contributed by atoms with E-state index in [-0.39, 0.29) is 0 Å². The Kier molecular flexibility index (Phi) is 2.88. The van der Waals surface area contributed by atoms with Crippen LogP contribution in [0, 0.1) is 11.8 Å². The first kappa shape index (κ1) is 10.6. The molecule has 1 N–H and O–H groups in total. The van der Waals surface area contributed by atoms with Crippen LogP contribution < -0.4 is 5.32 Å². The van der Waals surface area contributed by atoms with Gasteiger partial charge in [-0.2, -0.15) is 0 Å². The molecule has 0 radical (unpaired) electrons. The molecule has 2 unspecified atom stereocenters. The lowest BCUT2D eigenvalue weighted by atomic mass is 9.94.